The number of benzene rings is 1. The smallest absolute Gasteiger partial charge is 0.413 e. The van der Waals surface area contributed by atoms with Crippen LogP contribution in [0, 0.1) is 0 Å². The first-order valence-electron chi connectivity index (χ1n) is 13.3. The van der Waals surface area contributed by atoms with Crippen molar-refractivity contribution in [3.05, 3.63) is 48.9 Å². The molecular formula is C27H30N8O4. The number of likely N-dealkylation sites (tertiary alicyclic amines) is 1. The minimum atomic E-state index is -0.590. The molecule has 2 fully saturated rings. The zero-order valence-electron chi connectivity index (χ0n) is 21.5. The number of carbonyl (C=O) groups is 2. The number of fused-ring (bicyclic) bond motifs is 2. The minimum Gasteiger partial charge on any atom is -0.491 e. The molecule has 2 aliphatic rings. The molecular weight excluding hydrogens is 500 g/mol. The number of pyridine rings is 1. The van der Waals surface area contributed by atoms with E-state index in [0.717, 1.165) is 43.6 Å². The molecule has 12 heteroatoms. The fourth-order valence-electron chi connectivity index (χ4n) is 5.26. The second kappa shape index (κ2) is 11.1. The summed E-state index contributed by atoms with van der Waals surface area (Å²) in [7, 11) is 0. The number of nitrogens with one attached hydrogen (secondary N) is 1. The Morgan fingerprint density at radius 1 is 1.13 bits per heavy atom. The van der Waals surface area contributed by atoms with Gasteiger partial charge in [-0.25, -0.2) is 14.8 Å². The topological polar surface area (TPSA) is 127 Å². The summed E-state index contributed by atoms with van der Waals surface area (Å²) in [6.07, 6.45) is 6.84. The van der Waals surface area contributed by atoms with Gasteiger partial charge in [-0.1, -0.05) is 12.1 Å². The van der Waals surface area contributed by atoms with E-state index in [1.807, 2.05) is 35.2 Å². The second-order valence-electron chi connectivity index (χ2n) is 9.71. The van der Waals surface area contributed by atoms with Crippen molar-refractivity contribution in [2.45, 2.75) is 38.1 Å². The van der Waals surface area contributed by atoms with Crippen molar-refractivity contribution in [1.29, 1.82) is 0 Å². The van der Waals surface area contributed by atoms with Gasteiger partial charge in [-0.2, -0.15) is 14.6 Å². The van der Waals surface area contributed by atoms with Crippen molar-refractivity contribution in [2.75, 3.05) is 37.7 Å². The lowest BCUT2D eigenvalue weighted by Gasteiger charge is -2.26. The Morgan fingerprint density at radius 2 is 2.05 bits per heavy atom. The highest BCUT2D eigenvalue weighted by Crippen LogP contribution is 2.31. The molecule has 12 nitrogen and oxygen atoms in total. The Kier molecular flexibility index (Phi) is 7.07. The van der Waals surface area contributed by atoms with Crippen molar-refractivity contribution in [1.82, 2.24) is 34.8 Å². The number of aromatic nitrogens is 5. The third kappa shape index (κ3) is 5.40. The molecule has 5 heterocycles. The predicted octanol–water partition coefficient (Wildman–Crippen LogP) is 2.82. The molecule has 1 N–H and O–H groups in total. The first-order valence-corrected chi connectivity index (χ1v) is 13.3. The van der Waals surface area contributed by atoms with Crippen LogP contribution in [0.2, 0.25) is 0 Å². The lowest BCUT2D eigenvalue weighted by molar-refractivity contribution is -0.127. The maximum absolute atomic E-state index is 12.5. The van der Waals surface area contributed by atoms with Crippen LogP contribution in [0.25, 0.3) is 16.7 Å². The molecule has 4 aromatic rings. The number of amides is 2. The summed E-state index contributed by atoms with van der Waals surface area (Å²) in [6.45, 7) is 3.15. The predicted molar refractivity (Wildman–Crippen MR) is 143 cm³/mol. The molecule has 1 atom stereocenters. The number of para-hydroxylation sites is 1. The highest BCUT2D eigenvalue weighted by atomic mass is 16.6. The maximum atomic E-state index is 12.5. The molecule has 3 aromatic heterocycles. The van der Waals surface area contributed by atoms with Crippen LogP contribution in [0.5, 0.6) is 11.6 Å². The van der Waals surface area contributed by atoms with Crippen LogP contribution in [0.1, 0.15) is 32.1 Å². The van der Waals surface area contributed by atoms with Gasteiger partial charge in [0.1, 0.15) is 24.5 Å². The van der Waals surface area contributed by atoms with E-state index < -0.39 is 6.09 Å². The van der Waals surface area contributed by atoms with Crippen LogP contribution in [0.15, 0.2) is 48.9 Å². The van der Waals surface area contributed by atoms with E-state index in [2.05, 4.69) is 30.3 Å². The summed E-state index contributed by atoms with van der Waals surface area (Å²) in [4.78, 5) is 41.2. The van der Waals surface area contributed by atoms with E-state index in [0.29, 0.717) is 49.6 Å². The van der Waals surface area contributed by atoms with Gasteiger partial charge in [-0.15, -0.1) is 0 Å². The van der Waals surface area contributed by atoms with Crippen LogP contribution in [-0.2, 0) is 4.79 Å². The van der Waals surface area contributed by atoms with Crippen molar-refractivity contribution < 1.29 is 19.1 Å². The number of anilines is 1. The lowest BCUT2D eigenvalue weighted by atomic mass is 10.2. The fourth-order valence-corrected chi connectivity index (χ4v) is 5.26. The molecule has 39 heavy (non-hydrogen) atoms. The highest BCUT2D eigenvalue weighted by Gasteiger charge is 2.28. The third-order valence-electron chi connectivity index (χ3n) is 7.16. The second-order valence-corrected chi connectivity index (χ2v) is 9.71. The van der Waals surface area contributed by atoms with Gasteiger partial charge < -0.3 is 24.6 Å². The first-order chi connectivity index (χ1) is 19.2. The van der Waals surface area contributed by atoms with E-state index in [-0.39, 0.29) is 17.8 Å². The lowest BCUT2D eigenvalue weighted by Crippen LogP contribution is -2.35. The quantitative estimate of drug-likeness (QED) is 0.325. The maximum Gasteiger partial charge on any atom is 0.413 e. The molecule has 6 rings (SSSR count). The van der Waals surface area contributed by atoms with Gasteiger partial charge >= 0.3 is 6.09 Å². The molecule has 0 bridgehead atoms. The van der Waals surface area contributed by atoms with Gasteiger partial charge in [-0.05, 0) is 43.9 Å². The Balaban J connectivity index is 1.11. The van der Waals surface area contributed by atoms with Crippen molar-refractivity contribution >= 4 is 34.5 Å². The molecule has 2 amide bonds. The van der Waals surface area contributed by atoms with Gasteiger partial charge in [0.25, 0.3) is 5.78 Å². The van der Waals surface area contributed by atoms with Crippen molar-refractivity contribution in [3.8, 4) is 11.6 Å². The van der Waals surface area contributed by atoms with Crippen LogP contribution in [0.4, 0.5) is 10.6 Å². The largest absolute Gasteiger partial charge is 0.491 e. The summed E-state index contributed by atoms with van der Waals surface area (Å²) >= 11 is 0. The van der Waals surface area contributed by atoms with Crippen LogP contribution in [0.3, 0.4) is 0 Å². The fraction of sp³-hybridized carbons (Fsp3) is 0.407. The van der Waals surface area contributed by atoms with E-state index in [1.54, 1.807) is 16.8 Å². The molecule has 0 unspecified atom stereocenters. The summed E-state index contributed by atoms with van der Waals surface area (Å²) < 4.78 is 13.6. The molecule has 202 valence electrons. The highest BCUT2D eigenvalue weighted by molar-refractivity contribution is 5.86. The average molecular weight is 531 g/mol. The number of ether oxygens (including phenoxy) is 2. The molecule has 1 aromatic carbocycles. The van der Waals surface area contributed by atoms with Crippen LogP contribution in [-0.4, -0.2) is 80.3 Å². The van der Waals surface area contributed by atoms with E-state index in [1.165, 1.54) is 6.33 Å². The monoisotopic (exact) mass is 530 g/mol. The average Bonchev–Trinajstić information content (AvgIpc) is 3.71. The van der Waals surface area contributed by atoms with Crippen molar-refractivity contribution in [2.24, 2.45) is 0 Å². The number of nitrogens with zero attached hydrogens (tertiary/aromatic N) is 7. The molecule has 0 radical (unpaired) electrons. The molecule has 0 aliphatic carbocycles. The molecule has 2 saturated heterocycles. The zero-order chi connectivity index (χ0) is 26.6. The van der Waals surface area contributed by atoms with E-state index >= 15 is 0 Å². The number of carbonyl (C=O) groups excluding carboxylic acids is 2. The number of rotatable bonds is 9. The Labute approximate surface area is 224 Å². The van der Waals surface area contributed by atoms with Gasteiger partial charge in [0.15, 0.2) is 0 Å². The van der Waals surface area contributed by atoms with Gasteiger partial charge in [0.2, 0.25) is 11.8 Å². The Bertz CT molecular complexity index is 1490. The third-order valence-corrected chi connectivity index (χ3v) is 7.16. The summed E-state index contributed by atoms with van der Waals surface area (Å²) in [5.41, 5.74) is 0.673. The van der Waals surface area contributed by atoms with Gasteiger partial charge in [0, 0.05) is 50.2 Å². The normalized spacial score (nSPS) is 17.3. The Hall–Kier alpha value is -4.48. The van der Waals surface area contributed by atoms with Crippen molar-refractivity contribution in [3.63, 3.8) is 0 Å². The number of hydrogen-bond acceptors (Lipinski definition) is 9. The van der Waals surface area contributed by atoms with Crippen LogP contribution >= 0.6 is 0 Å². The molecule has 0 spiro atoms. The summed E-state index contributed by atoms with van der Waals surface area (Å²) in [6, 6.07) is 11.3. The zero-order valence-corrected chi connectivity index (χ0v) is 21.5. The standard InChI is InChI=1S/C27H30N8O4/c36-25-9-4-13-33(25)14-5-11-29-27(37)39-23-16-22(20-7-1-2-8-21(20)32-23)38-17-19-6-3-15-34(19)24-10-12-28-26-30-18-31-35(24)26/h1-2,7-8,10,12,16,18-19H,3-6,9,11,13-15,17H2,(H,29,37)/t19-/m1/s1. The summed E-state index contributed by atoms with van der Waals surface area (Å²) in [5, 5.41) is 7.91. The molecule has 0 saturated carbocycles. The van der Waals surface area contributed by atoms with Crippen LogP contribution < -0.4 is 19.7 Å². The first kappa shape index (κ1) is 24.8. The SMILES string of the molecule is O=C(NCCCN1CCCC1=O)Oc1cc(OC[C@H]2CCCN2c2ccnc3ncnn23)c2ccccc2n1. The van der Waals surface area contributed by atoms with Gasteiger partial charge in [-0.3, -0.25) is 4.79 Å². The molecule has 2 aliphatic heterocycles. The minimum absolute atomic E-state index is 0.127. The Morgan fingerprint density at radius 3 is 2.95 bits per heavy atom. The summed E-state index contributed by atoms with van der Waals surface area (Å²) in [5.74, 6) is 2.43. The van der Waals surface area contributed by atoms with E-state index in [4.69, 9.17) is 9.47 Å². The number of hydrogen-bond donors (Lipinski definition) is 1. The van der Waals surface area contributed by atoms with Gasteiger partial charge in [0.05, 0.1) is 11.6 Å². The van der Waals surface area contributed by atoms with E-state index in [9.17, 15) is 9.59 Å².